The van der Waals surface area contributed by atoms with Crippen molar-refractivity contribution in [3.05, 3.63) is 0 Å². The van der Waals surface area contributed by atoms with E-state index in [1.165, 1.54) is 12.8 Å². The van der Waals surface area contributed by atoms with Crippen molar-refractivity contribution in [2.24, 2.45) is 16.3 Å². The molecule has 0 atom stereocenters. The van der Waals surface area contributed by atoms with E-state index in [1.807, 2.05) is 46.4 Å². The summed E-state index contributed by atoms with van der Waals surface area (Å²) in [6.07, 6.45) is 3.99. The molecule has 1 saturated carbocycles. The van der Waals surface area contributed by atoms with E-state index >= 15 is 0 Å². The maximum absolute atomic E-state index is 12.9. The molecule has 0 aromatic rings. The average Bonchev–Trinajstić information content (AvgIpc) is 3.51. The molecule has 8 heteroatoms. The monoisotopic (exact) mass is 437 g/mol. The Morgan fingerprint density at radius 2 is 1.71 bits per heavy atom. The van der Waals surface area contributed by atoms with Crippen LogP contribution >= 0.6 is 0 Å². The number of carbonyl (C=O) groups is 2. The highest BCUT2D eigenvalue weighted by molar-refractivity contribution is 5.83. The van der Waals surface area contributed by atoms with Crippen LogP contribution in [0.15, 0.2) is 4.99 Å². The van der Waals surface area contributed by atoms with Crippen molar-refractivity contribution in [2.45, 2.75) is 78.9 Å². The highest BCUT2D eigenvalue weighted by atomic mass is 16.6. The number of aliphatic imine (C=N–C) groups is 1. The molecule has 178 valence electrons. The third-order valence-electron chi connectivity index (χ3n) is 5.79. The molecule has 1 saturated heterocycles. The van der Waals surface area contributed by atoms with Gasteiger partial charge in [-0.2, -0.15) is 0 Å². The average molecular weight is 438 g/mol. The summed E-state index contributed by atoms with van der Waals surface area (Å²) in [7, 11) is 1.65. The van der Waals surface area contributed by atoms with Crippen LogP contribution < -0.4 is 10.6 Å². The van der Waals surface area contributed by atoms with E-state index in [4.69, 9.17) is 9.73 Å². The van der Waals surface area contributed by atoms with E-state index in [0.29, 0.717) is 12.5 Å². The summed E-state index contributed by atoms with van der Waals surface area (Å²) in [6, 6.07) is 0.192. The maximum atomic E-state index is 12.9. The third-order valence-corrected chi connectivity index (χ3v) is 5.79. The van der Waals surface area contributed by atoms with Crippen LogP contribution in [0.3, 0.4) is 0 Å². The van der Waals surface area contributed by atoms with Crippen LogP contribution in [0.5, 0.6) is 0 Å². The first kappa shape index (κ1) is 25.3. The zero-order valence-electron chi connectivity index (χ0n) is 20.6. The molecule has 2 rings (SSSR count). The molecular formula is C23H43N5O3. The molecule has 2 amide bonds. The van der Waals surface area contributed by atoms with Gasteiger partial charge in [0.25, 0.3) is 0 Å². The number of carbonyl (C=O) groups excluding carboxylic acids is 2. The van der Waals surface area contributed by atoms with Gasteiger partial charge < -0.3 is 25.2 Å². The summed E-state index contributed by atoms with van der Waals surface area (Å²) in [5.74, 6) is 1.44. The molecule has 0 aromatic carbocycles. The van der Waals surface area contributed by atoms with Crippen LogP contribution in [0.1, 0.15) is 67.2 Å². The SMILES string of the molecule is CCNC(=NCC(C)(C)C(=O)NC)N1CCC(N(CC2CC2)C(=O)OC(C)(C)C)CC1. The molecule has 8 nitrogen and oxygen atoms in total. The van der Waals surface area contributed by atoms with Gasteiger partial charge in [0.2, 0.25) is 5.91 Å². The van der Waals surface area contributed by atoms with Gasteiger partial charge in [-0.25, -0.2) is 4.79 Å². The zero-order chi connectivity index (χ0) is 23.2. The Labute approximate surface area is 188 Å². The van der Waals surface area contributed by atoms with E-state index in [-0.39, 0.29) is 18.0 Å². The Kier molecular flexibility index (Phi) is 8.60. The third kappa shape index (κ3) is 7.89. The molecule has 0 radical (unpaired) electrons. The van der Waals surface area contributed by atoms with E-state index in [0.717, 1.165) is 45.0 Å². The summed E-state index contributed by atoms with van der Waals surface area (Å²) in [4.78, 5) is 33.9. The molecule has 0 spiro atoms. The van der Waals surface area contributed by atoms with E-state index < -0.39 is 11.0 Å². The Balaban J connectivity index is 2.01. The van der Waals surface area contributed by atoms with Crippen LogP contribution in [-0.4, -0.2) is 79.2 Å². The number of ether oxygens (including phenoxy) is 1. The van der Waals surface area contributed by atoms with Gasteiger partial charge in [0, 0.05) is 39.3 Å². The standard InChI is InChI=1S/C23H43N5O3/c1-8-25-20(26-16-23(5,6)19(29)24-7)27-13-11-18(12-14-27)28(15-17-9-10-17)21(30)31-22(2,3)4/h17-18H,8-16H2,1-7H3,(H,24,29)(H,25,26). The number of hydrogen-bond acceptors (Lipinski definition) is 4. The lowest BCUT2D eigenvalue weighted by Crippen LogP contribution is -2.53. The molecular weight excluding hydrogens is 394 g/mol. The van der Waals surface area contributed by atoms with Gasteiger partial charge in [-0.1, -0.05) is 0 Å². The lowest BCUT2D eigenvalue weighted by atomic mass is 9.93. The molecule has 2 aliphatic rings. The van der Waals surface area contributed by atoms with Gasteiger partial charge in [0.05, 0.1) is 12.0 Å². The molecule has 2 N–H and O–H groups in total. The Hall–Kier alpha value is -1.99. The van der Waals surface area contributed by atoms with Crippen molar-refractivity contribution < 1.29 is 14.3 Å². The largest absolute Gasteiger partial charge is 0.444 e. The lowest BCUT2D eigenvalue weighted by molar-refractivity contribution is -0.128. The lowest BCUT2D eigenvalue weighted by Gasteiger charge is -2.40. The van der Waals surface area contributed by atoms with E-state index in [9.17, 15) is 9.59 Å². The minimum Gasteiger partial charge on any atom is -0.444 e. The molecule has 0 unspecified atom stereocenters. The first-order valence-electron chi connectivity index (χ1n) is 11.7. The van der Waals surface area contributed by atoms with Crippen LogP contribution in [0.25, 0.3) is 0 Å². The fourth-order valence-electron chi connectivity index (χ4n) is 3.77. The summed E-state index contributed by atoms with van der Waals surface area (Å²) in [5, 5.41) is 6.08. The number of nitrogens with zero attached hydrogens (tertiary/aromatic N) is 3. The number of guanidine groups is 1. The van der Waals surface area contributed by atoms with Gasteiger partial charge >= 0.3 is 6.09 Å². The van der Waals surface area contributed by atoms with Crippen molar-refractivity contribution in [3.63, 3.8) is 0 Å². The van der Waals surface area contributed by atoms with Crippen molar-refractivity contribution in [3.8, 4) is 0 Å². The number of amides is 2. The van der Waals surface area contributed by atoms with E-state index in [1.54, 1.807) is 7.05 Å². The Morgan fingerprint density at radius 1 is 1.10 bits per heavy atom. The fourth-order valence-corrected chi connectivity index (χ4v) is 3.77. The zero-order valence-corrected chi connectivity index (χ0v) is 20.6. The predicted octanol–water partition coefficient (Wildman–Crippen LogP) is 2.84. The molecule has 0 aromatic heterocycles. The fraction of sp³-hybridized carbons (Fsp3) is 0.870. The molecule has 1 aliphatic heterocycles. The molecule has 31 heavy (non-hydrogen) atoms. The second kappa shape index (κ2) is 10.6. The second-order valence-corrected chi connectivity index (χ2v) is 10.4. The quantitative estimate of drug-likeness (QED) is 0.472. The predicted molar refractivity (Wildman–Crippen MR) is 124 cm³/mol. The smallest absolute Gasteiger partial charge is 0.410 e. The number of hydrogen-bond donors (Lipinski definition) is 2. The first-order valence-corrected chi connectivity index (χ1v) is 11.7. The van der Waals surface area contributed by atoms with Gasteiger partial charge in [-0.15, -0.1) is 0 Å². The van der Waals surface area contributed by atoms with Gasteiger partial charge in [0.1, 0.15) is 5.60 Å². The first-order chi connectivity index (χ1) is 14.5. The van der Waals surface area contributed by atoms with Crippen LogP contribution in [0, 0.1) is 11.3 Å². The topological polar surface area (TPSA) is 86.3 Å². The summed E-state index contributed by atoms with van der Waals surface area (Å²) >= 11 is 0. The number of likely N-dealkylation sites (tertiary alicyclic amines) is 1. The normalized spacial score (nSPS) is 18.5. The summed E-state index contributed by atoms with van der Waals surface area (Å²) < 4.78 is 5.70. The highest BCUT2D eigenvalue weighted by Crippen LogP contribution is 2.32. The van der Waals surface area contributed by atoms with Gasteiger partial charge in [-0.3, -0.25) is 9.79 Å². The summed E-state index contributed by atoms with van der Waals surface area (Å²) in [5.41, 5.74) is -1.05. The van der Waals surface area contributed by atoms with Gasteiger partial charge in [-0.05, 0) is 73.1 Å². The van der Waals surface area contributed by atoms with E-state index in [2.05, 4.69) is 15.5 Å². The molecule has 0 bridgehead atoms. The van der Waals surface area contributed by atoms with Crippen molar-refractivity contribution in [2.75, 3.05) is 39.8 Å². The summed E-state index contributed by atoms with van der Waals surface area (Å²) in [6.45, 7) is 15.2. The highest BCUT2D eigenvalue weighted by Gasteiger charge is 2.36. The van der Waals surface area contributed by atoms with Gasteiger partial charge in [0.15, 0.2) is 5.96 Å². The molecule has 1 heterocycles. The number of piperidine rings is 1. The molecule has 2 fully saturated rings. The van der Waals surface area contributed by atoms with Crippen molar-refractivity contribution >= 4 is 18.0 Å². The Morgan fingerprint density at radius 3 is 2.19 bits per heavy atom. The number of nitrogens with one attached hydrogen (secondary N) is 2. The van der Waals surface area contributed by atoms with Crippen molar-refractivity contribution in [1.82, 2.24) is 20.4 Å². The van der Waals surface area contributed by atoms with Crippen LogP contribution in [0.4, 0.5) is 4.79 Å². The van der Waals surface area contributed by atoms with Crippen LogP contribution in [0.2, 0.25) is 0 Å². The minimum absolute atomic E-state index is 0.0149. The van der Waals surface area contributed by atoms with Crippen LogP contribution in [-0.2, 0) is 9.53 Å². The Bertz CT molecular complexity index is 644. The maximum Gasteiger partial charge on any atom is 0.410 e. The number of rotatable bonds is 7. The minimum atomic E-state index is -0.564. The second-order valence-electron chi connectivity index (χ2n) is 10.4. The molecule has 1 aliphatic carbocycles. The van der Waals surface area contributed by atoms with Crippen molar-refractivity contribution in [1.29, 1.82) is 0 Å².